The molecule has 54 valence electrons. The summed E-state index contributed by atoms with van der Waals surface area (Å²) in [6, 6.07) is 0. The van der Waals surface area contributed by atoms with Crippen LogP contribution < -0.4 is 0 Å². The molecule has 0 spiro atoms. The van der Waals surface area contributed by atoms with E-state index in [9.17, 15) is 0 Å². The Morgan fingerprint density at radius 1 is 1.50 bits per heavy atom. The molecule has 5 heteroatoms. The van der Waals surface area contributed by atoms with Crippen LogP contribution in [0.3, 0.4) is 0 Å². The molecule has 0 aromatic carbocycles. The fraction of sp³-hybridized carbons (Fsp3) is 0. The van der Waals surface area contributed by atoms with Gasteiger partial charge < -0.3 is 5.11 Å². The first-order chi connectivity index (χ1) is 4.63. The predicted molar refractivity (Wildman–Crippen MR) is 43.6 cm³/mol. The summed E-state index contributed by atoms with van der Waals surface area (Å²) in [5.74, 6) is -0.197. The summed E-state index contributed by atoms with van der Waals surface area (Å²) in [6.07, 6.45) is 1.42. The van der Waals surface area contributed by atoms with Crippen molar-refractivity contribution in [2.45, 2.75) is 0 Å². The highest BCUT2D eigenvalue weighted by molar-refractivity contribution is 9.10. The molecule has 0 saturated carbocycles. The molecule has 0 aliphatic carbocycles. The molecule has 0 aliphatic heterocycles. The highest BCUT2D eigenvalue weighted by atomic mass is 79.9. The van der Waals surface area contributed by atoms with Gasteiger partial charge in [-0.15, -0.1) is 0 Å². The number of nitrogens with zero attached hydrogens (tertiary/aromatic N) is 1. The zero-order valence-corrected chi connectivity index (χ0v) is 7.70. The Morgan fingerprint density at radius 2 is 2.10 bits per heavy atom. The first-order valence-electron chi connectivity index (χ1n) is 2.31. The van der Waals surface area contributed by atoms with Crippen LogP contribution in [0.25, 0.3) is 0 Å². The molecular weight excluding hydrogens is 241 g/mol. The van der Waals surface area contributed by atoms with Crippen LogP contribution in [0.1, 0.15) is 0 Å². The van der Waals surface area contributed by atoms with Crippen molar-refractivity contribution in [1.29, 1.82) is 0 Å². The topological polar surface area (TPSA) is 33.1 Å². The molecule has 0 bridgehead atoms. The highest BCUT2D eigenvalue weighted by Crippen LogP contribution is 2.34. The van der Waals surface area contributed by atoms with Crippen LogP contribution in [0.5, 0.6) is 5.75 Å². The molecule has 1 aromatic heterocycles. The third-order valence-electron chi connectivity index (χ3n) is 0.904. The van der Waals surface area contributed by atoms with E-state index in [1.165, 1.54) is 6.20 Å². The van der Waals surface area contributed by atoms with Gasteiger partial charge in [0.25, 0.3) is 0 Å². The lowest BCUT2D eigenvalue weighted by Crippen LogP contribution is -1.77. The van der Waals surface area contributed by atoms with E-state index < -0.39 is 0 Å². The summed E-state index contributed by atoms with van der Waals surface area (Å²) in [5, 5.41) is 9.22. The molecule has 0 saturated heterocycles. The second kappa shape index (κ2) is 2.95. The number of pyridine rings is 1. The predicted octanol–water partition coefficient (Wildman–Crippen LogP) is 2.86. The Kier molecular flexibility index (Phi) is 2.39. The second-order valence-corrected chi connectivity index (χ2v) is 3.15. The number of aromatic nitrogens is 1. The van der Waals surface area contributed by atoms with Crippen molar-refractivity contribution in [2.75, 3.05) is 0 Å². The van der Waals surface area contributed by atoms with Crippen molar-refractivity contribution in [2.24, 2.45) is 0 Å². The smallest absolute Gasteiger partial charge is 0.173 e. The van der Waals surface area contributed by atoms with E-state index in [-0.39, 0.29) is 15.9 Å². The molecule has 1 aromatic rings. The number of halogens is 3. The van der Waals surface area contributed by atoms with Gasteiger partial charge in [0.1, 0.15) is 5.02 Å². The standard InChI is InChI=1S/C5H2BrCl2NO/c6-2-1-9-5(8)4(10)3(2)7/h1,10H. The van der Waals surface area contributed by atoms with Crippen LogP contribution in [-0.4, -0.2) is 10.1 Å². The van der Waals surface area contributed by atoms with Gasteiger partial charge in [-0.2, -0.15) is 0 Å². The van der Waals surface area contributed by atoms with E-state index in [1.807, 2.05) is 0 Å². The lowest BCUT2D eigenvalue weighted by atomic mass is 10.5. The SMILES string of the molecule is Oc1c(Cl)ncc(Br)c1Cl. The third kappa shape index (κ3) is 1.36. The van der Waals surface area contributed by atoms with Gasteiger partial charge in [-0.25, -0.2) is 4.98 Å². The maximum Gasteiger partial charge on any atom is 0.173 e. The summed E-state index contributed by atoms with van der Waals surface area (Å²) in [6.45, 7) is 0. The summed E-state index contributed by atoms with van der Waals surface area (Å²) in [7, 11) is 0. The van der Waals surface area contributed by atoms with Gasteiger partial charge >= 0.3 is 0 Å². The Morgan fingerprint density at radius 3 is 2.60 bits per heavy atom. The van der Waals surface area contributed by atoms with Gasteiger partial charge in [-0.1, -0.05) is 23.2 Å². The first kappa shape index (κ1) is 8.11. The zero-order chi connectivity index (χ0) is 7.72. The van der Waals surface area contributed by atoms with Gasteiger partial charge in [0, 0.05) is 6.20 Å². The Bertz CT molecular complexity index is 239. The van der Waals surface area contributed by atoms with E-state index >= 15 is 0 Å². The summed E-state index contributed by atoms with van der Waals surface area (Å²) >= 11 is 14.0. The van der Waals surface area contributed by atoms with Crippen molar-refractivity contribution in [3.05, 3.63) is 20.8 Å². The minimum absolute atomic E-state index is 0.00759. The third-order valence-corrected chi connectivity index (χ3v) is 2.39. The number of hydrogen-bond donors (Lipinski definition) is 1. The van der Waals surface area contributed by atoms with Crippen molar-refractivity contribution in [3.8, 4) is 5.75 Å². The molecule has 0 radical (unpaired) electrons. The van der Waals surface area contributed by atoms with E-state index in [2.05, 4.69) is 20.9 Å². The Hall–Kier alpha value is 0.01000. The molecule has 2 nitrogen and oxygen atoms in total. The molecule has 1 heterocycles. The monoisotopic (exact) mass is 241 g/mol. The lowest BCUT2D eigenvalue weighted by molar-refractivity contribution is 0.473. The molecule has 0 fully saturated rings. The Labute approximate surface area is 75.9 Å². The van der Waals surface area contributed by atoms with Crippen LogP contribution in [0.4, 0.5) is 0 Å². The van der Waals surface area contributed by atoms with Gasteiger partial charge in [0.05, 0.1) is 4.47 Å². The number of aromatic hydroxyl groups is 1. The molecular formula is C5H2BrCl2NO. The summed E-state index contributed by atoms with van der Waals surface area (Å²) < 4.78 is 0.524. The molecule has 0 aliphatic rings. The molecule has 0 atom stereocenters. The number of rotatable bonds is 0. The number of hydrogen-bond acceptors (Lipinski definition) is 2. The second-order valence-electron chi connectivity index (χ2n) is 1.56. The van der Waals surface area contributed by atoms with E-state index in [0.717, 1.165) is 0 Å². The summed E-state index contributed by atoms with van der Waals surface area (Å²) in [4.78, 5) is 3.62. The fourth-order valence-corrected chi connectivity index (χ4v) is 1.05. The van der Waals surface area contributed by atoms with Gasteiger partial charge in [-0.3, -0.25) is 0 Å². The first-order valence-corrected chi connectivity index (χ1v) is 3.86. The molecule has 1 N–H and O–H groups in total. The highest BCUT2D eigenvalue weighted by Gasteiger charge is 2.07. The van der Waals surface area contributed by atoms with Crippen LogP contribution in [0, 0.1) is 0 Å². The quantitative estimate of drug-likeness (QED) is 0.710. The largest absolute Gasteiger partial charge is 0.504 e. The van der Waals surface area contributed by atoms with E-state index in [4.69, 9.17) is 28.3 Å². The molecule has 10 heavy (non-hydrogen) atoms. The average molecular weight is 243 g/mol. The van der Waals surface area contributed by atoms with Crippen molar-refractivity contribution in [3.63, 3.8) is 0 Å². The van der Waals surface area contributed by atoms with Crippen LogP contribution in [0.2, 0.25) is 10.2 Å². The van der Waals surface area contributed by atoms with Crippen molar-refractivity contribution >= 4 is 39.1 Å². The molecule has 1 rings (SSSR count). The minimum Gasteiger partial charge on any atom is -0.504 e. The summed E-state index contributed by atoms with van der Waals surface area (Å²) in [5.41, 5.74) is 0. The maximum atomic E-state index is 9.03. The van der Waals surface area contributed by atoms with Gasteiger partial charge in [-0.05, 0) is 15.9 Å². The molecule has 0 amide bonds. The van der Waals surface area contributed by atoms with Crippen molar-refractivity contribution in [1.82, 2.24) is 4.98 Å². The normalized spacial score (nSPS) is 9.90. The van der Waals surface area contributed by atoms with E-state index in [0.29, 0.717) is 4.47 Å². The maximum absolute atomic E-state index is 9.03. The lowest BCUT2D eigenvalue weighted by Gasteiger charge is -1.98. The van der Waals surface area contributed by atoms with Crippen molar-refractivity contribution < 1.29 is 5.11 Å². The van der Waals surface area contributed by atoms with Gasteiger partial charge in [0.2, 0.25) is 0 Å². The fourth-order valence-electron chi connectivity index (χ4n) is 0.435. The van der Waals surface area contributed by atoms with Crippen LogP contribution in [0.15, 0.2) is 10.7 Å². The van der Waals surface area contributed by atoms with Crippen LogP contribution in [-0.2, 0) is 0 Å². The Balaban J connectivity index is 3.34. The average Bonchev–Trinajstić information content (AvgIpc) is 1.93. The van der Waals surface area contributed by atoms with E-state index in [1.54, 1.807) is 0 Å². The minimum atomic E-state index is -0.197. The molecule has 0 unspecified atom stereocenters. The van der Waals surface area contributed by atoms with Crippen LogP contribution >= 0.6 is 39.1 Å². The van der Waals surface area contributed by atoms with Gasteiger partial charge in [0.15, 0.2) is 10.9 Å². The zero-order valence-electron chi connectivity index (χ0n) is 4.61.